The molecule has 64 valence electrons. The lowest BCUT2D eigenvalue weighted by Crippen LogP contribution is -1.82. The fourth-order valence-corrected chi connectivity index (χ4v) is 0.897. The molecular formula is C8H5N3O2. The first-order valence-electron chi connectivity index (χ1n) is 3.58. The fourth-order valence-electron chi connectivity index (χ4n) is 0.897. The third-order valence-electron chi connectivity index (χ3n) is 1.47. The lowest BCUT2D eigenvalue weighted by molar-refractivity contribution is 0.109. The maximum Gasteiger partial charge on any atom is 0.199 e. The zero-order valence-corrected chi connectivity index (χ0v) is 6.54. The van der Waals surface area contributed by atoms with Gasteiger partial charge in [0, 0.05) is 18.5 Å². The van der Waals surface area contributed by atoms with Gasteiger partial charge in [-0.1, -0.05) is 5.16 Å². The molecule has 5 heteroatoms. The van der Waals surface area contributed by atoms with E-state index in [1.807, 2.05) is 0 Å². The van der Waals surface area contributed by atoms with Crippen molar-refractivity contribution in [2.75, 3.05) is 0 Å². The number of nitrogens with zero attached hydrogens (tertiary/aromatic N) is 3. The number of carbonyl (C=O) groups is 1. The number of aldehydes is 1. The Labute approximate surface area is 73.4 Å². The minimum atomic E-state index is 0.181. The predicted octanol–water partition coefficient (Wildman–Crippen LogP) is 0.944. The van der Waals surface area contributed by atoms with Crippen LogP contribution >= 0.6 is 0 Å². The molecule has 0 radical (unpaired) electrons. The molecule has 0 bridgehead atoms. The minimum Gasteiger partial charge on any atom is -0.353 e. The van der Waals surface area contributed by atoms with E-state index in [2.05, 4.69) is 19.6 Å². The average molecular weight is 175 g/mol. The van der Waals surface area contributed by atoms with Crippen molar-refractivity contribution in [3.8, 4) is 11.4 Å². The summed E-state index contributed by atoms with van der Waals surface area (Å²) in [5.41, 5.74) is 1.09. The Morgan fingerprint density at radius 1 is 1.31 bits per heavy atom. The van der Waals surface area contributed by atoms with Crippen LogP contribution in [0.5, 0.6) is 0 Å². The van der Waals surface area contributed by atoms with Crippen LogP contribution in [-0.4, -0.2) is 21.4 Å². The van der Waals surface area contributed by atoms with Crippen LogP contribution in [0.4, 0.5) is 0 Å². The van der Waals surface area contributed by atoms with Crippen molar-refractivity contribution in [1.82, 2.24) is 15.1 Å². The molecule has 0 aromatic carbocycles. The third-order valence-corrected chi connectivity index (χ3v) is 1.47. The maximum atomic E-state index is 10.3. The van der Waals surface area contributed by atoms with Gasteiger partial charge in [0.05, 0.1) is 6.20 Å². The van der Waals surface area contributed by atoms with E-state index < -0.39 is 0 Å². The molecule has 0 amide bonds. The van der Waals surface area contributed by atoms with E-state index in [1.165, 1.54) is 6.07 Å². The number of hydrogen-bond acceptors (Lipinski definition) is 5. The molecule has 2 aromatic rings. The molecule has 5 nitrogen and oxygen atoms in total. The van der Waals surface area contributed by atoms with E-state index in [-0.39, 0.29) is 5.76 Å². The zero-order chi connectivity index (χ0) is 9.10. The molecule has 0 N–H and O–H groups in total. The topological polar surface area (TPSA) is 68.9 Å². The van der Waals surface area contributed by atoms with E-state index in [0.717, 1.165) is 0 Å². The number of carbonyl (C=O) groups excluding carboxylic acids is 1. The lowest BCUT2D eigenvalue weighted by atomic mass is 10.3. The van der Waals surface area contributed by atoms with Gasteiger partial charge in [-0.15, -0.1) is 0 Å². The summed E-state index contributed by atoms with van der Waals surface area (Å²) in [5, 5.41) is 3.65. The highest BCUT2D eigenvalue weighted by Gasteiger charge is 2.05. The molecule has 0 aliphatic carbocycles. The smallest absolute Gasteiger partial charge is 0.199 e. The highest BCUT2D eigenvalue weighted by atomic mass is 16.5. The molecule has 2 heterocycles. The molecule has 0 fully saturated rings. The molecule has 0 aliphatic heterocycles. The van der Waals surface area contributed by atoms with E-state index in [0.29, 0.717) is 17.7 Å². The van der Waals surface area contributed by atoms with Crippen LogP contribution in [0.15, 0.2) is 29.2 Å². The van der Waals surface area contributed by atoms with Gasteiger partial charge in [0.2, 0.25) is 0 Å². The van der Waals surface area contributed by atoms with E-state index in [9.17, 15) is 4.79 Å². The summed E-state index contributed by atoms with van der Waals surface area (Å²) >= 11 is 0. The van der Waals surface area contributed by atoms with Gasteiger partial charge in [-0.25, -0.2) is 0 Å². The molecule has 13 heavy (non-hydrogen) atoms. The Morgan fingerprint density at radius 3 is 2.85 bits per heavy atom. The van der Waals surface area contributed by atoms with Crippen LogP contribution in [-0.2, 0) is 0 Å². The summed E-state index contributed by atoms with van der Waals surface area (Å²) < 4.78 is 4.68. The summed E-state index contributed by atoms with van der Waals surface area (Å²) in [5.74, 6) is 0.181. The SMILES string of the molecule is O=Cc1cc(-c2cnccn2)no1. The number of rotatable bonds is 2. The van der Waals surface area contributed by atoms with Gasteiger partial charge >= 0.3 is 0 Å². The molecule has 0 saturated carbocycles. The second-order valence-corrected chi connectivity index (χ2v) is 2.32. The predicted molar refractivity (Wildman–Crippen MR) is 42.9 cm³/mol. The standard InChI is InChI=1S/C8H5N3O2/c12-5-6-3-7(11-13-6)8-4-9-1-2-10-8/h1-5H. The first-order valence-corrected chi connectivity index (χ1v) is 3.58. The monoisotopic (exact) mass is 175 g/mol. The highest BCUT2D eigenvalue weighted by molar-refractivity contribution is 5.72. The lowest BCUT2D eigenvalue weighted by Gasteiger charge is -1.89. The van der Waals surface area contributed by atoms with Crippen molar-refractivity contribution >= 4 is 6.29 Å². The van der Waals surface area contributed by atoms with E-state index >= 15 is 0 Å². The normalized spacial score (nSPS) is 9.85. The van der Waals surface area contributed by atoms with Crippen LogP contribution in [0, 0.1) is 0 Å². The van der Waals surface area contributed by atoms with Gasteiger partial charge in [-0.05, 0) is 0 Å². The third kappa shape index (κ3) is 1.44. The first kappa shape index (κ1) is 7.60. The second-order valence-electron chi connectivity index (χ2n) is 2.32. The summed E-state index contributed by atoms with van der Waals surface area (Å²) in [4.78, 5) is 18.1. The minimum absolute atomic E-state index is 0.181. The Bertz CT molecular complexity index is 410. The molecule has 0 atom stereocenters. The van der Waals surface area contributed by atoms with Crippen molar-refractivity contribution in [2.45, 2.75) is 0 Å². The Morgan fingerprint density at radius 2 is 2.23 bits per heavy atom. The van der Waals surface area contributed by atoms with Gasteiger partial charge in [0.25, 0.3) is 0 Å². The van der Waals surface area contributed by atoms with E-state index in [4.69, 9.17) is 0 Å². The summed E-state index contributed by atoms with van der Waals surface area (Å²) in [6.45, 7) is 0. The number of aromatic nitrogens is 3. The van der Waals surface area contributed by atoms with Crippen molar-refractivity contribution in [3.05, 3.63) is 30.4 Å². The van der Waals surface area contributed by atoms with Crippen LogP contribution in [0.25, 0.3) is 11.4 Å². The van der Waals surface area contributed by atoms with E-state index in [1.54, 1.807) is 18.6 Å². The van der Waals surface area contributed by atoms with Crippen molar-refractivity contribution < 1.29 is 9.32 Å². The molecule has 2 rings (SSSR count). The molecule has 0 aliphatic rings. The Kier molecular flexibility index (Phi) is 1.84. The zero-order valence-electron chi connectivity index (χ0n) is 6.54. The van der Waals surface area contributed by atoms with Gasteiger partial charge in [0.15, 0.2) is 12.0 Å². The van der Waals surface area contributed by atoms with Crippen LogP contribution in [0.3, 0.4) is 0 Å². The number of hydrogen-bond donors (Lipinski definition) is 0. The molecule has 0 unspecified atom stereocenters. The average Bonchev–Trinajstić information content (AvgIpc) is 2.67. The van der Waals surface area contributed by atoms with Gasteiger partial charge < -0.3 is 4.52 Å². The van der Waals surface area contributed by atoms with Crippen molar-refractivity contribution in [3.63, 3.8) is 0 Å². The second kappa shape index (κ2) is 3.14. The highest BCUT2D eigenvalue weighted by Crippen LogP contribution is 2.13. The molecule has 0 saturated heterocycles. The van der Waals surface area contributed by atoms with Crippen LogP contribution in [0.1, 0.15) is 10.6 Å². The van der Waals surface area contributed by atoms with Gasteiger partial charge in [0.1, 0.15) is 11.4 Å². The van der Waals surface area contributed by atoms with Gasteiger partial charge in [-0.2, -0.15) is 0 Å². The summed E-state index contributed by atoms with van der Waals surface area (Å²) in [6, 6.07) is 1.51. The molecule has 0 spiro atoms. The Balaban J connectivity index is 2.41. The Hall–Kier alpha value is -2.04. The van der Waals surface area contributed by atoms with Crippen molar-refractivity contribution in [1.29, 1.82) is 0 Å². The molecular weight excluding hydrogens is 170 g/mol. The van der Waals surface area contributed by atoms with Gasteiger partial charge in [-0.3, -0.25) is 14.8 Å². The molecule has 2 aromatic heterocycles. The summed E-state index contributed by atoms with van der Waals surface area (Å²) in [7, 11) is 0. The quantitative estimate of drug-likeness (QED) is 0.635. The fraction of sp³-hybridized carbons (Fsp3) is 0. The maximum absolute atomic E-state index is 10.3. The van der Waals surface area contributed by atoms with Crippen molar-refractivity contribution in [2.24, 2.45) is 0 Å². The van der Waals surface area contributed by atoms with Crippen LogP contribution in [0.2, 0.25) is 0 Å². The summed E-state index contributed by atoms with van der Waals surface area (Å²) in [6.07, 6.45) is 5.24. The van der Waals surface area contributed by atoms with Crippen LogP contribution < -0.4 is 0 Å². The first-order chi connectivity index (χ1) is 6.40. The largest absolute Gasteiger partial charge is 0.353 e.